The van der Waals surface area contributed by atoms with Gasteiger partial charge in [-0.2, -0.15) is 0 Å². The highest BCUT2D eigenvalue weighted by molar-refractivity contribution is 5.97. The van der Waals surface area contributed by atoms with E-state index in [1.54, 1.807) is 0 Å². The van der Waals surface area contributed by atoms with E-state index in [9.17, 15) is 24.5 Å². The molecule has 0 unspecified atom stereocenters. The number of carbonyl (C=O) groups excluding carboxylic acids is 3. The Bertz CT molecular complexity index is 832. The van der Waals surface area contributed by atoms with Crippen LogP contribution in [0.25, 0.3) is 0 Å². The van der Waals surface area contributed by atoms with Gasteiger partial charge in [0.1, 0.15) is 0 Å². The molecule has 25 heavy (non-hydrogen) atoms. The zero-order chi connectivity index (χ0) is 18.4. The number of non-ortho nitro benzene ring substituents is 1. The Hall–Kier alpha value is -3.75. The number of nitro groups is 1. The molecule has 0 aromatic heterocycles. The number of amides is 2. The zero-order valence-corrected chi connectivity index (χ0v) is 12.8. The Morgan fingerprint density at radius 3 is 2.36 bits per heavy atom. The fourth-order valence-corrected chi connectivity index (χ4v) is 1.88. The first-order chi connectivity index (χ1) is 11.9. The molecule has 0 aliphatic heterocycles. The average molecular weight is 343 g/mol. The molecule has 0 saturated carbocycles. The van der Waals surface area contributed by atoms with Gasteiger partial charge in [-0.1, -0.05) is 6.07 Å². The van der Waals surface area contributed by atoms with Crippen LogP contribution in [0, 0.1) is 10.1 Å². The minimum Gasteiger partial charge on any atom is -0.452 e. The van der Waals surface area contributed by atoms with Gasteiger partial charge in [-0.05, 0) is 30.3 Å². The van der Waals surface area contributed by atoms with Crippen LogP contribution in [0.5, 0.6) is 0 Å². The summed E-state index contributed by atoms with van der Waals surface area (Å²) in [5.41, 5.74) is 5.49. The molecule has 128 valence electrons. The Morgan fingerprint density at radius 2 is 1.76 bits per heavy atom. The van der Waals surface area contributed by atoms with Crippen LogP contribution in [-0.4, -0.2) is 29.3 Å². The topological polar surface area (TPSA) is 142 Å². The molecule has 0 spiro atoms. The summed E-state index contributed by atoms with van der Waals surface area (Å²) in [5, 5.41) is 13.1. The highest BCUT2D eigenvalue weighted by Crippen LogP contribution is 2.14. The van der Waals surface area contributed by atoms with Crippen molar-refractivity contribution in [2.45, 2.75) is 0 Å². The molecular weight excluding hydrogens is 330 g/mol. The van der Waals surface area contributed by atoms with E-state index in [-0.39, 0.29) is 16.8 Å². The van der Waals surface area contributed by atoms with Crippen molar-refractivity contribution in [1.29, 1.82) is 0 Å². The van der Waals surface area contributed by atoms with E-state index >= 15 is 0 Å². The molecule has 9 nitrogen and oxygen atoms in total. The van der Waals surface area contributed by atoms with E-state index in [1.807, 2.05) is 0 Å². The number of primary amides is 1. The fraction of sp³-hybridized carbons (Fsp3) is 0.0625. The van der Waals surface area contributed by atoms with E-state index in [4.69, 9.17) is 10.5 Å². The van der Waals surface area contributed by atoms with Gasteiger partial charge in [0.15, 0.2) is 6.61 Å². The van der Waals surface area contributed by atoms with Crippen LogP contribution in [0.1, 0.15) is 20.7 Å². The molecule has 2 amide bonds. The molecule has 2 rings (SSSR count). The SMILES string of the molecule is NC(=O)c1ccc(NC(=O)COC(=O)c2cccc([N+](=O)[O-])c2)cc1. The van der Waals surface area contributed by atoms with Gasteiger partial charge < -0.3 is 15.8 Å². The molecule has 0 atom stereocenters. The first kappa shape index (κ1) is 17.6. The fourth-order valence-electron chi connectivity index (χ4n) is 1.88. The number of benzene rings is 2. The molecule has 0 radical (unpaired) electrons. The average Bonchev–Trinajstić information content (AvgIpc) is 2.60. The number of rotatable bonds is 6. The number of nitro benzene ring substituents is 1. The number of nitrogens with two attached hydrogens (primary N) is 1. The van der Waals surface area contributed by atoms with Crippen molar-refractivity contribution >= 4 is 29.2 Å². The largest absolute Gasteiger partial charge is 0.452 e. The first-order valence-electron chi connectivity index (χ1n) is 6.98. The van der Waals surface area contributed by atoms with Crippen molar-refractivity contribution in [2.75, 3.05) is 11.9 Å². The third kappa shape index (κ3) is 4.86. The lowest BCUT2D eigenvalue weighted by Gasteiger charge is -2.07. The second kappa shape index (κ2) is 7.68. The normalized spacial score (nSPS) is 9.92. The van der Waals surface area contributed by atoms with Crippen LogP contribution < -0.4 is 11.1 Å². The van der Waals surface area contributed by atoms with Crippen molar-refractivity contribution in [1.82, 2.24) is 0 Å². The van der Waals surface area contributed by atoms with E-state index in [1.165, 1.54) is 42.5 Å². The Balaban J connectivity index is 1.91. The highest BCUT2D eigenvalue weighted by Gasteiger charge is 2.14. The molecule has 0 bridgehead atoms. The summed E-state index contributed by atoms with van der Waals surface area (Å²) in [4.78, 5) is 44.6. The number of nitrogens with zero attached hydrogens (tertiary/aromatic N) is 1. The number of esters is 1. The van der Waals surface area contributed by atoms with Gasteiger partial charge in [-0.3, -0.25) is 19.7 Å². The summed E-state index contributed by atoms with van der Waals surface area (Å²) in [7, 11) is 0. The summed E-state index contributed by atoms with van der Waals surface area (Å²) in [5.74, 6) is -2.06. The van der Waals surface area contributed by atoms with E-state index < -0.39 is 29.3 Å². The van der Waals surface area contributed by atoms with Crippen molar-refractivity contribution in [2.24, 2.45) is 5.73 Å². The Morgan fingerprint density at radius 1 is 1.08 bits per heavy atom. The molecule has 3 N–H and O–H groups in total. The Kier molecular flexibility index (Phi) is 5.41. The third-order valence-corrected chi connectivity index (χ3v) is 3.08. The standard InChI is InChI=1S/C16H13N3O6/c17-15(21)10-4-6-12(7-5-10)18-14(20)9-25-16(22)11-2-1-3-13(8-11)19(23)24/h1-8H,9H2,(H2,17,21)(H,18,20). The number of anilines is 1. The lowest BCUT2D eigenvalue weighted by Crippen LogP contribution is -2.21. The third-order valence-electron chi connectivity index (χ3n) is 3.08. The van der Waals surface area contributed by atoms with Gasteiger partial charge in [-0.15, -0.1) is 0 Å². The highest BCUT2D eigenvalue weighted by atomic mass is 16.6. The van der Waals surface area contributed by atoms with Gasteiger partial charge in [0.25, 0.3) is 11.6 Å². The summed E-state index contributed by atoms with van der Waals surface area (Å²) < 4.78 is 4.81. The van der Waals surface area contributed by atoms with Crippen LogP contribution in [0.15, 0.2) is 48.5 Å². The predicted molar refractivity (Wildman–Crippen MR) is 87.0 cm³/mol. The van der Waals surface area contributed by atoms with Gasteiger partial charge >= 0.3 is 5.97 Å². The predicted octanol–water partition coefficient (Wildman–Crippen LogP) is 1.49. The van der Waals surface area contributed by atoms with Gasteiger partial charge in [-0.25, -0.2) is 4.79 Å². The maximum absolute atomic E-state index is 11.8. The first-order valence-corrected chi connectivity index (χ1v) is 6.98. The Labute approximate surface area is 141 Å². The maximum Gasteiger partial charge on any atom is 0.338 e. The van der Waals surface area contributed by atoms with Gasteiger partial charge in [0, 0.05) is 23.4 Å². The summed E-state index contributed by atoms with van der Waals surface area (Å²) in [6, 6.07) is 10.8. The van der Waals surface area contributed by atoms with Crippen LogP contribution in [0.4, 0.5) is 11.4 Å². The smallest absolute Gasteiger partial charge is 0.338 e. The number of hydrogen-bond donors (Lipinski definition) is 2. The quantitative estimate of drug-likeness (QED) is 0.462. The minimum absolute atomic E-state index is 0.0344. The number of hydrogen-bond acceptors (Lipinski definition) is 6. The molecule has 0 aliphatic carbocycles. The van der Waals surface area contributed by atoms with Gasteiger partial charge in [0.05, 0.1) is 10.5 Å². The number of ether oxygens (including phenoxy) is 1. The lowest BCUT2D eigenvalue weighted by molar-refractivity contribution is -0.384. The molecule has 0 fully saturated rings. The molecule has 0 heterocycles. The summed E-state index contributed by atoms with van der Waals surface area (Å²) in [6.45, 7) is -0.570. The van der Waals surface area contributed by atoms with Crippen LogP contribution in [0.3, 0.4) is 0 Å². The molecular formula is C16H13N3O6. The molecule has 0 saturated heterocycles. The van der Waals surface area contributed by atoms with E-state index in [2.05, 4.69) is 5.32 Å². The van der Waals surface area contributed by atoms with Crippen molar-refractivity contribution < 1.29 is 24.0 Å². The van der Waals surface area contributed by atoms with Crippen LogP contribution in [0.2, 0.25) is 0 Å². The second-order valence-corrected chi connectivity index (χ2v) is 4.87. The molecule has 0 aliphatic rings. The lowest BCUT2D eigenvalue weighted by atomic mass is 10.2. The zero-order valence-electron chi connectivity index (χ0n) is 12.8. The number of carbonyl (C=O) groups is 3. The molecule has 2 aromatic carbocycles. The van der Waals surface area contributed by atoms with Crippen molar-refractivity contribution in [3.8, 4) is 0 Å². The summed E-state index contributed by atoms with van der Waals surface area (Å²) >= 11 is 0. The van der Waals surface area contributed by atoms with Gasteiger partial charge in [0.2, 0.25) is 5.91 Å². The molecule has 2 aromatic rings. The minimum atomic E-state index is -0.858. The summed E-state index contributed by atoms with van der Waals surface area (Å²) in [6.07, 6.45) is 0. The monoisotopic (exact) mass is 343 g/mol. The van der Waals surface area contributed by atoms with Crippen molar-refractivity contribution in [3.63, 3.8) is 0 Å². The maximum atomic E-state index is 11.8. The number of nitrogens with one attached hydrogen (secondary N) is 1. The van der Waals surface area contributed by atoms with Crippen molar-refractivity contribution in [3.05, 3.63) is 69.8 Å². The van der Waals surface area contributed by atoms with E-state index in [0.717, 1.165) is 6.07 Å². The van der Waals surface area contributed by atoms with Crippen LogP contribution >= 0.6 is 0 Å². The van der Waals surface area contributed by atoms with E-state index in [0.29, 0.717) is 5.69 Å². The molecule has 9 heteroatoms. The second-order valence-electron chi connectivity index (χ2n) is 4.87. The van der Waals surface area contributed by atoms with Crippen LogP contribution in [-0.2, 0) is 9.53 Å².